The highest BCUT2D eigenvalue weighted by Gasteiger charge is 2.37. The summed E-state index contributed by atoms with van der Waals surface area (Å²) in [6, 6.07) is 7.14. The minimum atomic E-state index is -0.101. The molecule has 0 bridgehead atoms. The van der Waals surface area contributed by atoms with Crippen LogP contribution in [0.2, 0.25) is 0 Å². The number of thioether (sulfide) groups is 1. The van der Waals surface area contributed by atoms with Crippen molar-refractivity contribution in [1.82, 2.24) is 10.2 Å². The van der Waals surface area contributed by atoms with E-state index < -0.39 is 0 Å². The van der Waals surface area contributed by atoms with Gasteiger partial charge in [-0.2, -0.15) is 5.26 Å². The lowest BCUT2D eigenvalue weighted by Crippen LogP contribution is -2.43. The largest absolute Gasteiger partial charge is 0.493 e. The van der Waals surface area contributed by atoms with Crippen LogP contribution in [0.1, 0.15) is 63.5 Å². The zero-order valence-corrected chi connectivity index (χ0v) is 21.2. The molecule has 2 heterocycles. The highest BCUT2D eigenvalue weighted by molar-refractivity contribution is 8.04. The first-order valence-corrected chi connectivity index (χ1v) is 13.0. The van der Waals surface area contributed by atoms with E-state index in [4.69, 9.17) is 14.2 Å². The number of ether oxygens (including phenoxy) is 3. The quantitative estimate of drug-likeness (QED) is 0.575. The molecule has 2 unspecified atom stereocenters. The average Bonchev–Trinajstić information content (AvgIpc) is 2.82. The van der Waals surface area contributed by atoms with Crippen LogP contribution in [0.25, 0.3) is 5.70 Å². The molecule has 2 atom stereocenters. The van der Waals surface area contributed by atoms with E-state index in [9.17, 15) is 5.26 Å². The van der Waals surface area contributed by atoms with E-state index in [0.29, 0.717) is 18.6 Å². The van der Waals surface area contributed by atoms with Crippen molar-refractivity contribution in [3.05, 3.63) is 28.2 Å². The maximum Gasteiger partial charge on any atom is 0.161 e. The third kappa shape index (κ3) is 5.45. The first kappa shape index (κ1) is 24.3. The van der Waals surface area contributed by atoms with Gasteiger partial charge in [0.25, 0.3) is 0 Å². The fourth-order valence-corrected chi connectivity index (χ4v) is 6.51. The number of morpholine rings is 1. The van der Waals surface area contributed by atoms with Gasteiger partial charge in [-0.1, -0.05) is 12.8 Å². The van der Waals surface area contributed by atoms with Gasteiger partial charge in [-0.3, -0.25) is 4.90 Å². The predicted octanol–water partition coefficient (Wildman–Crippen LogP) is 4.76. The number of nitrogens with one attached hydrogen (secondary N) is 1. The van der Waals surface area contributed by atoms with Gasteiger partial charge in [0.05, 0.1) is 32.6 Å². The van der Waals surface area contributed by atoms with E-state index in [2.05, 4.69) is 42.3 Å². The van der Waals surface area contributed by atoms with Crippen molar-refractivity contribution in [2.45, 2.75) is 63.2 Å². The molecular formula is C26H37N3O3S. The number of nitrogens with zero attached hydrogens (tertiary/aromatic N) is 2. The molecule has 1 N–H and O–H groups in total. The molecule has 1 aliphatic carbocycles. The molecule has 6 nitrogen and oxygen atoms in total. The molecule has 7 heteroatoms. The third-order valence-corrected chi connectivity index (χ3v) is 8.00. The van der Waals surface area contributed by atoms with Gasteiger partial charge in [0.15, 0.2) is 11.5 Å². The first-order chi connectivity index (χ1) is 16.0. The lowest BCUT2D eigenvalue weighted by molar-refractivity contribution is 0.0350. The van der Waals surface area contributed by atoms with Gasteiger partial charge >= 0.3 is 0 Å². The highest BCUT2D eigenvalue weighted by atomic mass is 32.2. The Kier molecular flexibility index (Phi) is 7.78. The number of nitriles is 1. The summed E-state index contributed by atoms with van der Waals surface area (Å²) >= 11 is 1.68. The molecule has 4 rings (SSSR count). The number of rotatable bonds is 7. The van der Waals surface area contributed by atoms with E-state index in [1.165, 1.54) is 18.4 Å². The molecule has 3 aliphatic rings. The van der Waals surface area contributed by atoms with Crippen molar-refractivity contribution in [2.24, 2.45) is 0 Å². The molecule has 1 saturated heterocycles. The Morgan fingerprint density at radius 3 is 2.70 bits per heavy atom. The molecule has 180 valence electrons. The van der Waals surface area contributed by atoms with Gasteiger partial charge in [-0.15, -0.1) is 11.8 Å². The summed E-state index contributed by atoms with van der Waals surface area (Å²) in [5.41, 5.74) is 3.33. The molecule has 0 radical (unpaired) electrons. The zero-order chi connectivity index (χ0) is 23.4. The van der Waals surface area contributed by atoms with Crippen LogP contribution >= 0.6 is 11.8 Å². The van der Waals surface area contributed by atoms with E-state index in [0.717, 1.165) is 73.4 Å². The number of methoxy groups -OCH3 is 1. The number of benzene rings is 1. The first-order valence-electron chi connectivity index (χ1n) is 12.2. The smallest absolute Gasteiger partial charge is 0.161 e. The Hall–Kier alpha value is -1.88. The SMILES string of the molecule is CCOc1cc2c(cc1OC)C(=C(C#N)SC(C)(C)CN1CCOCC1)NC1CCCCC21. The minimum absolute atomic E-state index is 0.101. The number of fused-ring (bicyclic) bond motifs is 3. The molecule has 1 aromatic carbocycles. The van der Waals surface area contributed by atoms with Crippen LogP contribution < -0.4 is 14.8 Å². The number of allylic oxidation sites excluding steroid dienone is 1. The second-order valence-corrected chi connectivity index (χ2v) is 11.4. The maximum atomic E-state index is 10.3. The van der Waals surface area contributed by atoms with Crippen LogP contribution in [0.15, 0.2) is 17.0 Å². The normalized spacial score (nSPS) is 24.7. The van der Waals surface area contributed by atoms with Crippen LogP contribution in [-0.4, -0.2) is 62.3 Å². The third-order valence-electron chi connectivity index (χ3n) is 6.82. The van der Waals surface area contributed by atoms with Gasteiger partial charge in [0.1, 0.15) is 11.0 Å². The second-order valence-electron chi connectivity index (χ2n) is 9.73. The van der Waals surface area contributed by atoms with Crippen molar-refractivity contribution in [2.75, 3.05) is 46.6 Å². The molecule has 33 heavy (non-hydrogen) atoms. The second kappa shape index (κ2) is 10.6. The Morgan fingerprint density at radius 2 is 2.00 bits per heavy atom. The minimum Gasteiger partial charge on any atom is -0.493 e. The van der Waals surface area contributed by atoms with Crippen LogP contribution in [0, 0.1) is 11.3 Å². The summed E-state index contributed by atoms with van der Waals surface area (Å²) in [5, 5.41) is 14.1. The number of hydrogen-bond acceptors (Lipinski definition) is 7. The molecule has 0 aromatic heterocycles. The van der Waals surface area contributed by atoms with E-state index >= 15 is 0 Å². The van der Waals surface area contributed by atoms with Crippen LogP contribution in [0.4, 0.5) is 0 Å². The maximum absolute atomic E-state index is 10.3. The zero-order valence-electron chi connectivity index (χ0n) is 20.4. The Labute approximate surface area is 202 Å². The topological polar surface area (TPSA) is 66.8 Å². The summed E-state index contributed by atoms with van der Waals surface area (Å²) in [4.78, 5) is 3.19. The summed E-state index contributed by atoms with van der Waals surface area (Å²) in [5.74, 6) is 1.95. The van der Waals surface area contributed by atoms with Crippen molar-refractivity contribution in [3.63, 3.8) is 0 Å². The molecule has 0 spiro atoms. The fraction of sp³-hybridized carbons (Fsp3) is 0.654. The van der Waals surface area contributed by atoms with Crippen molar-refractivity contribution < 1.29 is 14.2 Å². The predicted molar refractivity (Wildman–Crippen MR) is 134 cm³/mol. The van der Waals surface area contributed by atoms with Gasteiger partial charge in [-0.25, -0.2) is 0 Å². The van der Waals surface area contributed by atoms with Crippen LogP contribution in [0.3, 0.4) is 0 Å². The standard InChI is InChI=1S/C26H37N3O3S/c1-5-32-23-14-19-18-8-6-7-9-21(18)28-25(20(19)15-22(23)30-4)24(16-27)33-26(2,3)17-29-10-12-31-13-11-29/h14-15,18,21,28H,5-13,17H2,1-4H3. The van der Waals surface area contributed by atoms with Gasteiger partial charge < -0.3 is 19.5 Å². The molecule has 0 amide bonds. The van der Waals surface area contributed by atoms with E-state index in [-0.39, 0.29) is 4.75 Å². The molecule has 2 aliphatic heterocycles. The highest BCUT2D eigenvalue weighted by Crippen LogP contribution is 2.47. The van der Waals surface area contributed by atoms with Crippen molar-refractivity contribution >= 4 is 17.5 Å². The van der Waals surface area contributed by atoms with Gasteiger partial charge in [0, 0.05) is 41.9 Å². The van der Waals surface area contributed by atoms with E-state index in [1.54, 1.807) is 18.9 Å². The van der Waals surface area contributed by atoms with Crippen molar-refractivity contribution in [1.29, 1.82) is 5.26 Å². The summed E-state index contributed by atoms with van der Waals surface area (Å²) < 4.78 is 17.0. The Balaban J connectivity index is 1.72. The lowest BCUT2D eigenvalue weighted by Gasteiger charge is -2.41. The lowest BCUT2D eigenvalue weighted by atomic mass is 9.75. The van der Waals surface area contributed by atoms with Gasteiger partial charge in [-0.05, 0) is 51.3 Å². The molecule has 1 aromatic rings. The molecule has 1 saturated carbocycles. The van der Waals surface area contributed by atoms with Gasteiger partial charge in [0.2, 0.25) is 0 Å². The van der Waals surface area contributed by atoms with E-state index in [1.807, 2.05) is 6.92 Å². The molecule has 2 fully saturated rings. The summed E-state index contributed by atoms with van der Waals surface area (Å²) in [6.07, 6.45) is 4.75. The number of hydrogen-bond donors (Lipinski definition) is 1. The summed E-state index contributed by atoms with van der Waals surface area (Å²) in [6.45, 7) is 11.4. The monoisotopic (exact) mass is 471 g/mol. The molecular weight excluding hydrogens is 434 g/mol. The summed E-state index contributed by atoms with van der Waals surface area (Å²) in [7, 11) is 1.68. The van der Waals surface area contributed by atoms with Crippen LogP contribution in [0.5, 0.6) is 11.5 Å². The average molecular weight is 472 g/mol. The Bertz CT molecular complexity index is 918. The van der Waals surface area contributed by atoms with Crippen LogP contribution in [-0.2, 0) is 4.74 Å². The Morgan fingerprint density at radius 1 is 1.24 bits per heavy atom. The fourth-order valence-electron chi connectivity index (χ4n) is 5.39. The van der Waals surface area contributed by atoms with Crippen molar-refractivity contribution in [3.8, 4) is 17.6 Å².